The second-order valence-corrected chi connectivity index (χ2v) is 14.0. The molecular weight excluding hydrogens is 690 g/mol. The molecule has 0 saturated carbocycles. The molecule has 286 valence electrons. The predicted octanol–water partition coefficient (Wildman–Crippen LogP) is 3.96. The molecular formula is C39H49N9O6. The maximum Gasteiger partial charge on any atom is 0.309 e. The lowest BCUT2D eigenvalue weighted by Crippen LogP contribution is -2.60. The Balaban J connectivity index is 0.000000197. The van der Waals surface area contributed by atoms with E-state index in [0.29, 0.717) is 57.1 Å². The second kappa shape index (κ2) is 16.9. The van der Waals surface area contributed by atoms with E-state index >= 15 is 0 Å². The lowest BCUT2D eigenvalue weighted by Gasteiger charge is -2.36. The fourth-order valence-corrected chi connectivity index (χ4v) is 6.59. The number of benzene rings is 2. The van der Waals surface area contributed by atoms with E-state index in [1.165, 1.54) is 9.80 Å². The van der Waals surface area contributed by atoms with Crippen molar-refractivity contribution < 1.29 is 29.3 Å². The number of ether oxygens (including phenoxy) is 2. The molecule has 1 saturated heterocycles. The number of carbonyl (C=O) groups excluding carboxylic acids is 2. The van der Waals surface area contributed by atoms with Crippen LogP contribution in [0.4, 0.5) is 11.4 Å². The molecule has 2 aromatic heterocycles. The zero-order valence-electron chi connectivity index (χ0n) is 31.3. The summed E-state index contributed by atoms with van der Waals surface area (Å²) in [5.41, 5.74) is 13.3. The van der Waals surface area contributed by atoms with Crippen molar-refractivity contribution in [2.75, 3.05) is 44.0 Å². The average Bonchev–Trinajstić information content (AvgIpc) is 3.96. The number of aromatic nitrogens is 4. The Morgan fingerprint density at radius 3 is 2.43 bits per heavy atom. The normalized spacial score (nSPS) is 18.5. The van der Waals surface area contributed by atoms with Crippen molar-refractivity contribution in [1.29, 1.82) is 0 Å². The Morgan fingerprint density at radius 1 is 1.04 bits per heavy atom. The Bertz CT molecular complexity index is 1930. The summed E-state index contributed by atoms with van der Waals surface area (Å²) in [5, 5.41) is 28.2. The van der Waals surface area contributed by atoms with Crippen molar-refractivity contribution in [2.45, 2.75) is 70.7 Å². The standard InChI is InChI=1S/C23H31N5O4.C16H18N4O2/c1-16(2)28-15-24-21(25-28)19-6-4-17(5-7-19)18-8-11-26(12-9-18)22(29)23(30,31)27-13-10-20(14-27)32-3;1-10(2)22-15-6-3-11(8-17-15)16-13-7-12(18-9-21)4-5-14(13)19-20-16/h4-8,15-16,20,30-31H,9-14H2,1-3H3;3-10,16,19-20H,1-2H3,(H,18,21)/t20-;/m0./s1. The topological polar surface area (TPSA) is 179 Å². The minimum Gasteiger partial charge on any atom is -0.475 e. The zero-order valence-corrected chi connectivity index (χ0v) is 31.3. The van der Waals surface area contributed by atoms with Gasteiger partial charge in [-0.1, -0.05) is 36.4 Å². The molecule has 2 amide bonds. The summed E-state index contributed by atoms with van der Waals surface area (Å²) >= 11 is 0. The van der Waals surface area contributed by atoms with Crippen molar-refractivity contribution >= 4 is 29.3 Å². The first kappa shape index (κ1) is 38.5. The average molecular weight is 740 g/mol. The number of fused-ring (bicyclic) bond motifs is 1. The highest BCUT2D eigenvalue weighted by Gasteiger charge is 2.46. The molecule has 7 rings (SSSR count). The molecule has 0 spiro atoms. The van der Waals surface area contributed by atoms with Gasteiger partial charge in [0.1, 0.15) is 6.33 Å². The van der Waals surface area contributed by atoms with E-state index in [1.807, 2.05) is 79.2 Å². The number of pyridine rings is 1. The number of methoxy groups -OCH3 is 1. The Labute approximate surface area is 315 Å². The third-order valence-corrected chi connectivity index (χ3v) is 9.64. The van der Waals surface area contributed by atoms with Crippen LogP contribution in [-0.4, -0.2) is 103 Å². The number of aliphatic hydroxyl groups is 2. The minimum atomic E-state index is -2.51. The van der Waals surface area contributed by atoms with E-state index in [-0.39, 0.29) is 24.3 Å². The number of likely N-dealkylation sites (tertiary alicyclic amines) is 1. The van der Waals surface area contributed by atoms with Gasteiger partial charge < -0.3 is 35.3 Å². The van der Waals surface area contributed by atoms with E-state index in [0.717, 1.165) is 39.2 Å². The van der Waals surface area contributed by atoms with Crippen LogP contribution in [0.3, 0.4) is 0 Å². The SMILES string of the molecule is CC(C)Oc1ccc(C2NNc3ccc(NC=O)cc32)cn1.CO[C@H]1CCN(C(O)(O)C(=O)N2CC=C(c3ccc(-c4ncn(C(C)C)n4)cc3)CC2)C1. The van der Waals surface area contributed by atoms with Gasteiger partial charge in [0.25, 0.3) is 5.91 Å². The first-order valence-corrected chi connectivity index (χ1v) is 18.2. The highest BCUT2D eigenvalue weighted by molar-refractivity contribution is 5.84. The molecule has 2 atom stereocenters. The molecule has 2 aromatic carbocycles. The summed E-state index contributed by atoms with van der Waals surface area (Å²) < 4.78 is 12.7. The maximum atomic E-state index is 12.8. The molecule has 5 N–H and O–H groups in total. The van der Waals surface area contributed by atoms with Crippen molar-refractivity contribution in [2.24, 2.45) is 0 Å². The summed E-state index contributed by atoms with van der Waals surface area (Å²) in [6, 6.07) is 17.9. The van der Waals surface area contributed by atoms with Gasteiger partial charge in [0.05, 0.1) is 23.9 Å². The van der Waals surface area contributed by atoms with E-state index in [4.69, 9.17) is 9.47 Å². The molecule has 0 bridgehead atoms. The number of nitrogens with one attached hydrogen (secondary N) is 3. The molecule has 5 heterocycles. The van der Waals surface area contributed by atoms with Gasteiger partial charge in [0.2, 0.25) is 12.3 Å². The van der Waals surface area contributed by atoms with E-state index in [2.05, 4.69) is 45.1 Å². The Hall–Kier alpha value is -5.19. The molecule has 54 heavy (non-hydrogen) atoms. The lowest BCUT2D eigenvalue weighted by molar-refractivity contribution is -0.254. The van der Waals surface area contributed by atoms with Gasteiger partial charge in [0, 0.05) is 68.4 Å². The van der Waals surface area contributed by atoms with Crippen molar-refractivity contribution in [1.82, 2.24) is 35.0 Å². The highest BCUT2D eigenvalue weighted by atomic mass is 16.5. The highest BCUT2D eigenvalue weighted by Crippen LogP contribution is 2.35. The molecule has 15 heteroatoms. The van der Waals surface area contributed by atoms with Crippen LogP contribution in [0.25, 0.3) is 17.0 Å². The van der Waals surface area contributed by atoms with E-state index < -0.39 is 11.8 Å². The minimum absolute atomic E-state index is 0.0241. The van der Waals surface area contributed by atoms with Gasteiger partial charge in [0.15, 0.2) is 5.82 Å². The number of hydrogen-bond acceptors (Lipinski definition) is 12. The first-order valence-electron chi connectivity index (χ1n) is 18.2. The van der Waals surface area contributed by atoms with Gasteiger partial charge in [-0.25, -0.2) is 25.0 Å². The monoisotopic (exact) mass is 739 g/mol. The summed E-state index contributed by atoms with van der Waals surface area (Å²) in [6.07, 6.45) is 7.50. The molecule has 3 aliphatic rings. The van der Waals surface area contributed by atoms with Crippen LogP contribution < -0.4 is 20.9 Å². The van der Waals surface area contributed by atoms with Crippen molar-refractivity contribution in [3.63, 3.8) is 0 Å². The smallest absolute Gasteiger partial charge is 0.309 e. The van der Waals surface area contributed by atoms with Crippen molar-refractivity contribution in [3.05, 3.63) is 89.9 Å². The molecule has 1 unspecified atom stereocenters. The molecule has 1 fully saturated rings. The number of carbonyl (C=O) groups is 2. The van der Waals surface area contributed by atoms with Crippen LogP contribution in [0.1, 0.15) is 69.3 Å². The largest absolute Gasteiger partial charge is 0.475 e. The van der Waals surface area contributed by atoms with Crippen LogP contribution in [0, 0.1) is 0 Å². The van der Waals surface area contributed by atoms with Crippen LogP contribution in [0.2, 0.25) is 0 Å². The van der Waals surface area contributed by atoms with Crippen LogP contribution >= 0.6 is 0 Å². The fraction of sp³-hybridized carbons (Fsp3) is 0.410. The molecule has 4 aromatic rings. The van der Waals surface area contributed by atoms with Gasteiger partial charge >= 0.3 is 5.91 Å². The Morgan fingerprint density at radius 2 is 1.81 bits per heavy atom. The quantitative estimate of drug-likeness (QED) is 0.111. The molecule has 0 aliphatic carbocycles. The van der Waals surface area contributed by atoms with Gasteiger partial charge in [-0.3, -0.25) is 9.59 Å². The van der Waals surface area contributed by atoms with Crippen molar-refractivity contribution in [3.8, 4) is 17.3 Å². The van der Waals surface area contributed by atoms with Crippen LogP contribution in [-0.2, 0) is 14.3 Å². The molecule has 3 aliphatic heterocycles. The Kier molecular flexibility index (Phi) is 12.0. The summed E-state index contributed by atoms with van der Waals surface area (Å²) in [6.45, 7) is 9.54. The third kappa shape index (κ3) is 8.77. The summed E-state index contributed by atoms with van der Waals surface area (Å²) in [4.78, 5) is 34.9. The zero-order chi connectivity index (χ0) is 38.4. The number of nitrogens with zero attached hydrogens (tertiary/aromatic N) is 6. The summed E-state index contributed by atoms with van der Waals surface area (Å²) in [5.74, 6) is -1.89. The third-order valence-electron chi connectivity index (χ3n) is 9.64. The number of anilines is 2. The van der Waals surface area contributed by atoms with E-state index in [1.54, 1.807) is 19.6 Å². The maximum absolute atomic E-state index is 12.8. The van der Waals surface area contributed by atoms with Gasteiger partial charge in [-0.15, -0.1) is 0 Å². The number of rotatable bonds is 11. The van der Waals surface area contributed by atoms with Gasteiger partial charge in [-0.05, 0) is 75.4 Å². The van der Waals surface area contributed by atoms with Gasteiger partial charge in [-0.2, -0.15) is 5.10 Å². The second-order valence-electron chi connectivity index (χ2n) is 14.0. The van der Waals surface area contributed by atoms with Crippen LogP contribution in [0.5, 0.6) is 5.88 Å². The lowest BCUT2D eigenvalue weighted by atomic mass is 9.98. The fourth-order valence-electron chi connectivity index (χ4n) is 6.59. The molecule has 15 nitrogen and oxygen atoms in total. The van der Waals surface area contributed by atoms with E-state index in [9.17, 15) is 19.8 Å². The summed E-state index contributed by atoms with van der Waals surface area (Å²) in [7, 11) is 1.59. The first-order chi connectivity index (χ1) is 26.0. The number of hydrazine groups is 1. The van der Waals surface area contributed by atoms with Crippen LogP contribution in [0.15, 0.2) is 73.2 Å². The molecule has 0 radical (unpaired) electrons. The number of amides is 2. The number of hydrogen-bond donors (Lipinski definition) is 5. The predicted molar refractivity (Wildman–Crippen MR) is 204 cm³/mol.